The van der Waals surface area contributed by atoms with Gasteiger partial charge in [0.25, 0.3) is 0 Å². The van der Waals surface area contributed by atoms with Gasteiger partial charge >= 0.3 is 0 Å². The summed E-state index contributed by atoms with van der Waals surface area (Å²) in [5.74, 6) is 0. The quantitative estimate of drug-likeness (QED) is 0.752. The number of hydrogen-bond donors (Lipinski definition) is 1. The molecule has 1 atom stereocenters. The third kappa shape index (κ3) is 2.71. The molecule has 2 N–H and O–H groups in total. The van der Waals surface area contributed by atoms with E-state index in [-0.39, 0.29) is 5.54 Å². The van der Waals surface area contributed by atoms with Gasteiger partial charge in [0.15, 0.2) is 0 Å². The second-order valence-corrected chi connectivity index (χ2v) is 5.71. The smallest absolute Gasteiger partial charge is 0.0283 e. The third-order valence-corrected chi connectivity index (χ3v) is 4.10. The van der Waals surface area contributed by atoms with Crippen molar-refractivity contribution in [3.05, 3.63) is 0 Å². The summed E-state index contributed by atoms with van der Waals surface area (Å²) in [7, 11) is 4.38. The Morgan fingerprint density at radius 2 is 2.07 bits per heavy atom. The first kappa shape index (κ1) is 11.4. The fraction of sp³-hybridized carbons (Fsp3) is 1.00. The van der Waals surface area contributed by atoms with E-state index < -0.39 is 0 Å². The maximum atomic E-state index is 6.30. The van der Waals surface area contributed by atoms with Gasteiger partial charge in [0.1, 0.15) is 0 Å². The Bertz CT molecular complexity index is 211. The molecule has 3 nitrogen and oxygen atoms in total. The van der Waals surface area contributed by atoms with Crippen LogP contribution >= 0.6 is 0 Å². The van der Waals surface area contributed by atoms with Crippen LogP contribution in [-0.4, -0.2) is 55.1 Å². The van der Waals surface area contributed by atoms with Crippen LogP contribution in [0.25, 0.3) is 0 Å². The van der Waals surface area contributed by atoms with Crippen molar-refractivity contribution in [2.45, 2.75) is 43.7 Å². The van der Waals surface area contributed by atoms with Crippen molar-refractivity contribution in [3.8, 4) is 0 Å². The van der Waals surface area contributed by atoms with Crippen LogP contribution in [0.1, 0.15) is 32.1 Å². The lowest BCUT2D eigenvalue weighted by Crippen LogP contribution is -2.58. The SMILES string of the molecule is CN(C)C1CCCN(CC2(N)CCC2)C1. The van der Waals surface area contributed by atoms with E-state index in [0.717, 1.165) is 12.6 Å². The second kappa shape index (κ2) is 4.40. The molecule has 1 saturated heterocycles. The van der Waals surface area contributed by atoms with Crippen molar-refractivity contribution in [2.24, 2.45) is 5.73 Å². The van der Waals surface area contributed by atoms with Crippen molar-refractivity contribution < 1.29 is 0 Å². The van der Waals surface area contributed by atoms with Gasteiger partial charge in [-0.15, -0.1) is 0 Å². The topological polar surface area (TPSA) is 32.5 Å². The highest BCUT2D eigenvalue weighted by atomic mass is 15.2. The predicted octanol–water partition coefficient (Wildman–Crippen LogP) is 0.894. The Balaban J connectivity index is 1.82. The minimum atomic E-state index is 0.161. The molecule has 88 valence electrons. The van der Waals surface area contributed by atoms with Crippen molar-refractivity contribution >= 4 is 0 Å². The van der Waals surface area contributed by atoms with Crippen LogP contribution < -0.4 is 5.73 Å². The molecule has 1 aliphatic heterocycles. The molecular formula is C12H25N3. The normalized spacial score (nSPS) is 31.6. The third-order valence-electron chi connectivity index (χ3n) is 4.10. The van der Waals surface area contributed by atoms with Crippen LogP contribution in [0.15, 0.2) is 0 Å². The van der Waals surface area contributed by atoms with Gasteiger partial charge in [-0.1, -0.05) is 0 Å². The molecule has 1 unspecified atom stereocenters. The lowest BCUT2D eigenvalue weighted by molar-refractivity contribution is 0.0860. The zero-order valence-electron chi connectivity index (χ0n) is 10.2. The number of nitrogens with two attached hydrogens (primary N) is 1. The minimum absolute atomic E-state index is 0.161. The fourth-order valence-electron chi connectivity index (χ4n) is 2.83. The molecule has 2 rings (SSSR count). The first-order chi connectivity index (χ1) is 7.09. The molecule has 0 spiro atoms. The van der Waals surface area contributed by atoms with Crippen LogP contribution in [0, 0.1) is 0 Å². The first-order valence-electron chi connectivity index (χ1n) is 6.27. The molecule has 3 heteroatoms. The van der Waals surface area contributed by atoms with Gasteiger partial charge in [-0.2, -0.15) is 0 Å². The van der Waals surface area contributed by atoms with E-state index in [1.165, 1.54) is 45.2 Å². The highest BCUT2D eigenvalue weighted by Gasteiger charge is 2.35. The summed E-state index contributed by atoms with van der Waals surface area (Å²) >= 11 is 0. The van der Waals surface area contributed by atoms with Gasteiger partial charge in [0.05, 0.1) is 0 Å². The summed E-state index contributed by atoms with van der Waals surface area (Å²) in [5.41, 5.74) is 6.46. The van der Waals surface area contributed by atoms with E-state index in [9.17, 15) is 0 Å². The molecular weight excluding hydrogens is 186 g/mol. The standard InChI is InChI=1S/C12H25N3/c1-14(2)11-5-3-8-15(9-11)10-12(13)6-4-7-12/h11H,3-10,13H2,1-2H3. The summed E-state index contributed by atoms with van der Waals surface area (Å²) in [6.07, 6.45) is 6.48. The van der Waals surface area contributed by atoms with Crippen LogP contribution in [0.5, 0.6) is 0 Å². The van der Waals surface area contributed by atoms with Crippen LogP contribution in [0.4, 0.5) is 0 Å². The Morgan fingerprint density at radius 1 is 1.33 bits per heavy atom. The van der Waals surface area contributed by atoms with E-state index in [1.54, 1.807) is 0 Å². The summed E-state index contributed by atoms with van der Waals surface area (Å²) in [5, 5.41) is 0. The first-order valence-corrected chi connectivity index (χ1v) is 6.27. The molecule has 0 aromatic rings. The predicted molar refractivity (Wildman–Crippen MR) is 63.9 cm³/mol. The van der Waals surface area contributed by atoms with Gasteiger partial charge in [-0.3, -0.25) is 4.90 Å². The number of hydrogen-bond acceptors (Lipinski definition) is 3. The van der Waals surface area contributed by atoms with E-state index in [4.69, 9.17) is 5.73 Å². The van der Waals surface area contributed by atoms with Gasteiger partial charge in [0, 0.05) is 24.7 Å². The Labute approximate surface area is 93.6 Å². The number of likely N-dealkylation sites (tertiary alicyclic amines) is 1. The van der Waals surface area contributed by atoms with Crippen LogP contribution in [0.3, 0.4) is 0 Å². The van der Waals surface area contributed by atoms with Crippen LogP contribution in [-0.2, 0) is 0 Å². The Hall–Kier alpha value is -0.120. The van der Waals surface area contributed by atoms with E-state index in [2.05, 4.69) is 23.9 Å². The molecule has 1 saturated carbocycles. The van der Waals surface area contributed by atoms with Gasteiger partial charge < -0.3 is 10.6 Å². The highest BCUT2D eigenvalue weighted by molar-refractivity contribution is 4.96. The lowest BCUT2D eigenvalue weighted by Gasteiger charge is -2.45. The van der Waals surface area contributed by atoms with Gasteiger partial charge in [-0.25, -0.2) is 0 Å². The molecule has 0 radical (unpaired) electrons. The van der Waals surface area contributed by atoms with Crippen molar-refractivity contribution in [1.29, 1.82) is 0 Å². The molecule has 0 amide bonds. The maximum Gasteiger partial charge on any atom is 0.0283 e. The number of piperidine rings is 1. The average molecular weight is 211 g/mol. The van der Waals surface area contributed by atoms with Gasteiger partial charge in [-0.05, 0) is 52.7 Å². The fourth-order valence-corrected chi connectivity index (χ4v) is 2.83. The van der Waals surface area contributed by atoms with Crippen LogP contribution in [0.2, 0.25) is 0 Å². The zero-order valence-corrected chi connectivity index (χ0v) is 10.2. The molecule has 0 bridgehead atoms. The summed E-state index contributed by atoms with van der Waals surface area (Å²) in [6, 6.07) is 0.738. The maximum absolute atomic E-state index is 6.30. The second-order valence-electron chi connectivity index (χ2n) is 5.71. The zero-order chi connectivity index (χ0) is 10.9. The number of nitrogens with zero attached hydrogens (tertiary/aromatic N) is 2. The molecule has 2 aliphatic rings. The average Bonchev–Trinajstić information content (AvgIpc) is 2.16. The molecule has 1 aliphatic carbocycles. The van der Waals surface area contributed by atoms with E-state index >= 15 is 0 Å². The van der Waals surface area contributed by atoms with Crippen molar-refractivity contribution in [1.82, 2.24) is 9.80 Å². The summed E-state index contributed by atoms with van der Waals surface area (Å²) in [4.78, 5) is 4.93. The number of likely N-dealkylation sites (N-methyl/N-ethyl adjacent to an activating group) is 1. The van der Waals surface area contributed by atoms with E-state index in [0.29, 0.717) is 0 Å². The molecule has 0 aromatic heterocycles. The number of rotatable bonds is 3. The monoisotopic (exact) mass is 211 g/mol. The van der Waals surface area contributed by atoms with Crippen molar-refractivity contribution in [3.63, 3.8) is 0 Å². The minimum Gasteiger partial charge on any atom is -0.324 e. The molecule has 1 heterocycles. The summed E-state index contributed by atoms with van der Waals surface area (Å²) < 4.78 is 0. The largest absolute Gasteiger partial charge is 0.324 e. The summed E-state index contributed by atoms with van der Waals surface area (Å²) in [6.45, 7) is 3.59. The molecule has 0 aromatic carbocycles. The Morgan fingerprint density at radius 3 is 2.60 bits per heavy atom. The van der Waals surface area contributed by atoms with Gasteiger partial charge in [0.2, 0.25) is 0 Å². The molecule has 2 fully saturated rings. The molecule has 15 heavy (non-hydrogen) atoms. The van der Waals surface area contributed by atoms with Crippen molar-refractivity contribution in [2.75, 3.05) is 33.7 Å². The lowest BCUT2D eigenvalue weighted by atomic mass is 9.77. The van der Waals surface area contributed by atoms with E-state index in [1.807, 2.05) is 0 Å². The Kier molecular flexibility index (Phi) is 3.33. The highest BCUT2D eigenvalue weighted by Crippen LogP contribution is 2.30.